The fourth-order valence-electron chi connectivity index (χ4n) is 1.57. The predicted octanol–water partition coefficient (Wildman–Crippen LogP) is 2.39. The van der Waals surface area contributed by atoms with Gasteiger partial charge in [0.15, 0.2) is 5.52 Å². The van der Waals surface area contributed by atoms with Crippen molar-refractivity contribution in [3.05, 3.63) is 34.4 Å². The summed E-state index contributed by atoms with van der Waals surface area (Å²) in [6.07, 6.45) is 0. The second-order valence-electron chi connectivity index (χ2n) is 3.22. The van der Waals surface area contributed by atoms with Gasteiger partial charge < -0.3 is 0 Å². The van der Waals surface area contributed by atoms with Crippen molar-refractivity contribution in [2.45, 2.75) is 20.8 Å². The van der Waals surface area contributed by atoms with Crippen molar-refractivity contribution in [3.63, 3.8) is 0 Å². The van der Waals surface area contributed by atoms with E-state index < -0.39 is 19.1 Å². The Morgan fingerprint density at radius 2 is 1.47 bits per heavy atom. The number of benzene rings is 1. The SMILES string of the molecule is Cc1cc(C)c(C(=O)P)c(C)c1.[O]=[Ti]=[O]. The molecule has 1 aromatic rings. The van der Waals surface area contributed by atoms with Crippen molar-refractivity contribution >= 4 is 14.8 Å². The molecule has 0 spiro atoms. The van der Waals surface area contributed by atoms with Crippen molar-refractivity contribution in [3.8, 4) is 0 Å². The zero-order chi connectivity index (χ0) is 12.0. The maximum absolute atomic E-state index is 11.2. The summed E-state index contributed by atoms with van der Waals surface area (Å²) in [5, 5.41) is 0. The van der Waals surface area contributed by atoms with E-state index in [1.54, 1.807) is 0 Å². The van der Waals surface area contributed by atoms with Crippen molar-refractivity contribution in [1.29, 1.82) is 0 Å². The average Bonchev–Trinajstić information content (AvgIpc) is 2.01. The van der Waals surface area contributed by atoms with Gasteiger partial charge in [-0.3, -0.25) is 4.79 Å². The van der Waals surface area contributed by atoms with E-state index in [9.17, 15) is 4.79 Å². The molecule has 0 saturated heterocycles. The van der Waals surface area contributed by atoms with Gasteiger partial charge in [-0.2, -0.15) is 0 Å². The first-order chi connectivity index (χ1) is 6.93. The van der Waals surface area contributed by atoms with Gasteiger partial charge in [0, 0.05) is 5.56 Å². The van der Waals surface area contributed by atoms with Gasteiger partial charge in [-0.25, -0.2) is 0 Å². The van der Waals surface area contributed by atoms with E-state index >= 15 is 0 Å². The van der Waals surface area contributed by atoms with Crippen LogP contribution >= 0.6 is 9.24 Å². The van der Waals surface area contributed by atoms with E-state index in [2.05, 4.69) is 9.24 Å². The van der Waals surface area contributed by atoms with E-state index in [-0.39, 0.29) is 5.52 Å². The molecule has 0 aromatic heterocycles. The summed E-state index contributed by atoms with van der Waals surface area (Å²) in [5.41, 5.74) is 4.25. The molecule has 1 rings (SSSR count). The molecule has 5 heteroatoms. The number of aryl methyl sites for hydroxylation is 3. The Labute approximate surface area is 100 Å². The van der Waals surface area contributed by atoms with Crippen LogP contribution in [0.25, 0.3) is 0 Å². The molecule has 0 amide bonds. The van der Waals surface area contributed by atoms with Gasteiger partial charge >= 0.3 is 25.7 Å². The zero-order valence-corrected chi connectivity index (χ0v) is 11.7. The third kappa shape index (κ3) is 4.79. The molecule has 0 bridgehead atoms. The fourth-order valence-corrected chi connectivity index (χ4v) is 2.02. The molecular weight excluding hydrogens is 247 g/mol. The number of carbonyl (C=O) groups is 1. The minimum absolute atomic E-state index is 0.0741. The van der Waals surface area contributed by atoms with Gasteiger partial charge in [-0.05, 0) is 31.9 Å². The van der Waals surface area contributed by atoms with E-state index in [1.807, 2.05) is 32.9 Å². The van der Waals surface area contributed by atoms with Gasteiger partial charge in [0.25, 0.3) is 0 Å². The molecule has 3 nitrogen and oxygen atoms in total. The summed E-state index contributed by atoms with van der Waals surface area (Å²) in [5.74, 6) is 0. The standard InChI is InChI=1S/C10H13OP.2O.Ti/c1-6-4-7(2)9(10(11)12)8(3)5-6;;;/h4-5H,12H2,1-3H3;;;. The van der Waals surface area contributed by atoms with Crippen LogP contribution in [0, 0.1) is 20.8 Å². The molecule has 1 aromatic carbocycles. The Hall–Kier alpha value is -0.366. The molecule has 80 valence electrons. The number of hydrogen-bond acceptors (Lipinski definition) is 3. The number of hydrogen-bond donors (Lipinski definition) is 0. The summed E-state index contributed by atoms with van der Waals surface area (Å²) < 4.78 is 17.0. The first kappa shape index (κ1) is 14.6. The second kappa shape index (κ2) is 7.00. The third-order valence-electron chi connectivity index (χ3n) is 1.92. The number of rotatable bonds is 1. The fraction of sp³-hybridized carbons (Fsp3) is 0.300. The van der Waals surface area contributed by atoms with Gasteiger partial charge in [0.2, 0.25) is 0 Å². The number of carbonyl (C=O) groups excluding carboxylic acids is 1. The van der Waals surface area contributed by atoms with Gasteiger partial charge in [-0.15, -0.1) is 0 Å². The quantitative estimate of drug-likeness (QED) is 0.575. The summed E-state index contributed by atoms with van der Waals surface area (Å²) in [6, 6.07) is 4.06. The van der Waals surface area contributed by atoms with Crippen LogP contribution in [-0.2, 0) is 25.7 Å². The van der Waals surface area contributed by atoms with Gasteiger partial charge in [0.05, 0.1) is 0 Å². The average molecular weight is 260 g/mol. The Morgan fingerprint density at radius 1 is 1.13 bits per heavy atom. The van der Waals surface area contributed by atoms with Crippen LogP contribution in [0.15, 0.2) is 12.1 Å². The van der Waals surface area contributed by atoms with E-state index in [0.29, 0.717) is 0 Å². The maximum atomic E-state index is 11.2. The van der Waals surface area contributed by atoms with Crippen molar-refractivity contribution in [2.75, 3.05) is 0 Å². The summed E-state index contributed by atoms with van der Waals surface area (Å²) in [7, 11) is 2.22. The Kier molecular flexibility index (Phi) is 6.83. The molecule has 0 heterocycles. The normalized spacial score (nSPS) is 8.53. The summed E-state index contributed by atoms with van der Waals surface area (Å²) in [6.45, 7) is 5.98. The van der Waals surface area contributed by atoms with Crippen molar-refractivity contribution < 1.29 is 30.5 Å². The monoisotopic (exact) mass is 260 g/mol. The van der Waals surface area contributed by atoms with Gasteiger partial charge in [-0.1, -0.05) is 26.9 Å². The molecule has 0 N–H and O–H groups in total. The zero-order valence-electron chi connectivity index (χ0n) is 8.96. The molecule has 0 fully saturated rings. The Balaban J connectivity index is 0.000000583. The van der Waals surface area contributed by atoms with Crippen LogP contribution in [0.3, 0.4) is 0 Å². The first-order valence-electron chi connectivity index (χ1n) is 4.31. The van der Waals surface area contributed by atoms with E-state index in [1.165, 1.54) is 5.56 Å². The third-order valence-corrected chi connectivity index (χ3v) is 2.21. The molecule has 0 aliphatic heterocycles. The molecule has 0 aliphatic carbocycles. The molecule has 1 atom stereocenters. The van der Waals surface area contributed by atoms with Crippen LogP contribution in [0.5, 0.6) is 0 Å². The first-order valence-corrected chi connectivity index (χ1v) is 6.16. The summed E-state index contributed by atoms with van der Waals surface area (Å²) >= 11 is -2.00. The van der Waals surface area contributed by atoms with Crippen LogP contribution in [0.4, 0.5) is 0 Å². The van der Waals surface area contributed by atoms with Crippen LogP contribution in [-0.4, -0.2) is 5.52 Å². The summed E-state index contributed by atoms with van der Waals surface area (Å²) in [4.78, 5) is 11.2. The van der Waals surface area contributed by atoms with Crippen LogP contribution < -0.4 is 0 Å². The second-order valence-corrected chi connectivity index (χ2v) is 4.01. The molecule has 1 unspecified atom stereocenters. The van der Waals surface area contributed by atoms with E-state index in [4.69, 9.17) is 6.65 Å². The molecule has 0 saturated carbocycles. The van der Waals surface area contributed by atoms with Crippen molar-refractivity contribution in [2.24, 2.45) is 0 Å². The van der Waals surface area contributed by atoms with Crippen molar-refractivity contribution in [1.82, 2.24) is 0 Å². The topological polar surface area (TPSA) is 51.2 Å². The molecular formula is C10H13O3PTi. The van der Waals surface area contributed by atoms with E-state index in [0.717, 1.165) is 16.7 Å². The van der Waals surface area contributed by atoms with Gasteiger partial charge in [0.1, 0.15) is 0 Å². The predicted molar refractivity (Wildman–Crippen MR) is 56.1 cm³/mol. The Morgan fingerprint density at radius 3 is 1.73 bits per heavy atom. The molecule has 0 radical (unpaired) electrons. The van der Waals surface area contributed by atoms with Crippen LogP contribution in [0.1, 0.15) is 27.0 Å². The minimum atomic E-state index is -2.00. The molecule has 0 aliphatic rings. The Bertz CT molecular complexity index is 386. The van der Waals surface area contributed by atoms with Crippen LogP contribution in [0.2, 0.25) is 0 Å². The molecule has 15 heavy (non-hydrogen) atoms.